The first kappa shape index (κ1) is 9.71. The fourth-order valence-corrected chi connectivity index (χ4v) is 3.11. The summed E-state index contributed by atoms with van der Waals surface area (Å²) in [5.41, 5.74) is 6.03. The number of nitrogen functional groups attached to an aromatic ring is 1. The molecule has 1 fully saturated rings. The van der Waals surface area contributed by atoms with Gasteiger partial charge in [0.15, 0.2) is 11.2 Å². The Kier molecular flexibility index (Phi) is 2.13. The van der Waals surface area contributed by atoms with Crippen LogP contribution < -0.4 is 11.3 Å². The van der Waals surface area contributed by atoms with Crippen molar-refractivity contribution < 1.29 is 0 Å². The maximum Gasteiger partial charge on any atom is 0.278 e. The van der Waals surface area contributed by atoms with Gasteiger partial charge in [-0.1, -0.05) is 0 Å². The second-order valence-corrected chi connectivity index (χ2v) is 4.98. The number of thioether (sulfide) groups is 1. The van der Waals surface area contributed by atoms with Crippen molar-refractivity contribution in [2.45, 2.75) is 12.3 Å². The Morgan fingerprint density at radius 2 is 2.25 bits per heavy atom. The van der Waals surface area contributed by atoms with E-state index < -0.39 is 0 Å². The van der Waals surface area contributed by atoms with Crippen molar-refractivity contribution in [3.05, 3.63) is 16.2 Å². The van der Waals surface area contributed by atoms with E-state index >= 15 is 0 Å². The molecule has 3 heterocycles. The van der Waals surface area contributed by atoms with Gasteiger partial charge in [0.1, 0.15) is 5.82 Å². The van der Waals surface area contributed by atoms with Crippen LogP contribution in [0.2, 0.25) is 0 Å². The number of hydrogen-bond acceptors (Lipinski definition) is 5. The number of hydrogen-bond donors (Lipinski definition) is 3. The van der Waals surface area contributed by atoms with Gasteiger partial charge in [0.05, 0.1) is 0 Å². The van der Waals surface area contributed by atoms with E-state index in [9.17, 15) is 4.79 Å². The lowest BCUT2D eigenvalue weighted by Crippen LogP contribution is -2.10. The lowest BCUT2D eigenvalue weighted by atomic mass is 10.1. The van der Waals surface area contributed by atoms with Gasteiger partial charge in [-0.15, -0.1) is 0 Å². The Morgan fingerprint density at radius 1 is 1.38 bits per heavy atom. The van der Waals surface area contributed by atoms with Gasteiger partial charge in [-0.2, -0.15) is 16.7 Å². The van der Waals surface area contributed by atoms with Gasteiger partial charge in [-0.05, 0) is 12.2 Å². The highest BCUT2D eigenvalue weighted by Crippen LogP contribution is 2.30. The summed E-state index contributed by atoms with van der Waals surface area (Å²) in [5, 5.41) is 0. The molecule has 0 radical (unpaired) electrons. The average molecular weight is 237 g/mol. The Morgan fingerprint density at radius 3 is 3.00 bits per heavy atom. The average Bonchev–Trinajstić information content (AvgIpc) is 2.82. The Hall–Kier alpha value is -1.50. The molecule has 2 aromatic rings. The number of imidazole rings is 1. The molecule has 16 heavy (non-hydrogen) atoms. The summed E-state index contributed by atoms with van der Waals surface area (Å²) in [6.07, 6.45) is 1.10. The molecule has 0 bridgehead atoms. The zero-order valence-electron chi connectivity index (χ0n) is 8.49. The number of nitrogens with two attached hydrogens (primary N) is 1. The predicted molar refractivity (Wildman–Crippen MR) is 63.6 cm³/mol. The molecular formula is C9H11N5OS. The molecule has 1 atom stereocenters. The minimum absolute atomic E-state index is 0.108. The van der Waals surface area contributed by atoms with Crippen LogP contribution in [0.5, 0.6) is 0 Å². The van der Waals surface area contributed by atoms with Crippen molar-refractivity contribution >= 4 is 28.9 Å². The number of fused-ring (bicyclic) bond motifs is 1. The monoisotopic (exact) mass is 237 g/mol. The third kappa shape index (κ3) is 1.47. The first-order valence-corrected chi connectivity index (χ1v) is 6.22. The fourth-order valence-electron chi connectivity index (χ4n) is 1.89. The Balaban J connectivity index is 2.15. The smallest absolute Gasteiger partial charge is 0.278 e. The molecule has 1 unspecified atom stereocenters. The topological polar surface area (TPSA) is 100 Å². The second kappa shape index (κ2) is 3.51. The van der Waals surface area contributed by atoms with Gasteiger partial charge in [0, 0.05) is 11.7 Å². The molecule has 0 amide bonds. The Bertz CT molecular complexity index is 583. The summed E-state index contributed by atoms with van der Waals surface area (Å²) in [4.78, 5) is 25.4. The maximum absolute atomic E-state index is 11.6. The van der Waals surface area contributed by atoms with Gasteiger partial charge in [-0.25, -0.2) is 4.98 Å². The van der Waals surface area contributed by atoms with Crippen molar-refractivity contribution in [3.8, 4) is 0 Å². The van der Waals surface area contributed by atoms with Crippen LogP contribution in [0.3, 0.4) is 0 Å². The second-order valence-electron chi connectivity index (χ2n) is 3.83. The van der Waals surface area contributed by atoms with E-state index in [1.807, 2.05) is 11.8 Å². The van der Waals surface area contributed by atoms with Gasteiger partial charge in [0.25, 0.3) is 5.56 Å². The molecule has 0 saturated carbocycles. The minimum atomic E-state index is -0.257. The number of nitrogens with zero attached hydrogens (tertiary/aromatic N) is 2. The number of nitrogens with one attached hydrogen (secondary N) is 2. The Labute approximate surface area is 95.1 Å². The van der Waals surface area contributed by atoms with Gasteiger partial charge < -0.3 is 10.7 Å². The van der Waals surface area contributed by atoms with Crippen LogP contribution in [0, 0.1) is 0 Å². The van der Waals surface area contributed by atoms with Crippen LogP contribution >= 0.6 is 11.8 Å². The van der Waals surface area contributed by atoms with Crippen LogP contribution in [0.15, 0.2) is 4.79 Å². The minimum Gasteiger partial charge on any atom is -0.369 e. The van der Waals surface area contributed by atoms with E-state index in [4.69, 9.17) is 5.73 Å². The summed E-state index contributed by atoms with van der Waals surface area (Å²) in [5.74, 6) is 3.56. The number of rotatable bonds is 1. The molecule has 3 rings (SSSR count). The highest BCUT2D eigenvalue weighted by Gasteiger charge is 2.21. The largest absolute Gasteiger partial charge is 0.369 e. The normalized spacial score (nSPS) is 20.6. The zero-order valence-corrected chi connectivity index (χ0v) is 9.30. The first-order valence-electron chi connectivity index (χ1n) is 5.07. The molecule has 0 aromatic carbocycles. The number of anilines is 1. The number of H-pyrrole nitrogens is 2. The van der Waals surface area contributed by atoms with E-state index in [2.05, 4.69) is 19.9 Å². The van der Waals surface area contributed by atoms with Crippen molar-refractivity contribution in [2.75, 3.05) is 17.2 Å². The number of aromatic nitrogens is 4. The van der Waals surface area contributed by atoms with E-state index in [0.29, 0.717) is 17.1 Å². The maximum atomic E-state index is 11.6. The van der Waals surface area contributed by atoms with Crippen molar-refractivity contribution in [3.63, 3.8) is 0 Å². The van der Waals surface area contributed by atoms with Gasteiger partial charge >= 0.3 is 0 Å². The van der Waals surface area contributed by atoms with Crippen molar-refractivity contribution in [1.29, 1.82) is 0 Å². The molecule has 6 nitrogen and oxygen atoms in total. The summed E-state index contributed by atoms with van der Waals surface area (Å²) in [6, 6.07) is 0. The van der Waals surface area contributed by atoms with Gasteiger partial charge in [0.2, 0.25) is 5.95 Å². The molecule has 1 saturated heterocycles. The van der Waals surface area contributed by atoms with Crippen molar-refractivity contribution in [1.82, 2.24) is 19.9 Å². The van der Waals surface area contributed by atoms with Crippen LogP contribution in [0.1, 0.15) is 18.2 Å². The highest BCUT2D eigenvalue weighted by molar-refractivity contribution is 7.99. The standard InChI is InChI=1S/C9H11N5OS/c10-9-13-7-5(8(15)14-9)11-6(12-7)4-1-2-16-3-4/h4H,1-3H2,(H4,10,11,12,13,14,15). The van der Waals surface area contributed by atoms with E-state index in [1.54, 1.807) is 0 Å². The van der Waals surface area contributed by atoms with E-state index in [-0.39, 0.29) is 11.5 Å². The number of aromatic amines is 2. The summed E-state index contributed by atoms with van der Waals surface area (Å²) >= 11 is 1.90. The van der Waals surface area contributed by atoms with Gasteiger partial charge in [-0.3, -0.25) is 9.78 Å². The van der Waals surface area contributed by atoms with E-state index in [1.165, 1.54) is 0 Å². The molecule has 2 aromatic heterocycles. The van der Waals surface area contributed by atoms with Crippen LogP contribution in [-0.2, 0) is 0 Å². The molecule has 1 aliphatic heterocycles. The van der Waals surface area contributed by atoms with Crippen LogP contribution in [0.25, 0.3) is 11.2 Å². The molecule has 84 valence electrons. The zero-order chi connectivity index (χ0) is 11.1. The molecule has 7 heteroatoms. The van der Waals surface area contributed by atoms with Crippen LogP contribution in [0.4, 0.5) is 5.95 Å². The lowest BCUT2D eigenvalue weighted by molar-refractivity contribution is 0.733. The first-order chi connectivity index (χ1) is 7.74. The predicted octanol–water partition coefficient (Wildman–Crippen LogP) is 0.449. The highest BCUT2D eigenvalue weighted by atomic mass is 32.2. The SMILES string of the molecule is Nc1nc2nc(C3CCSC3)[nH]c2c(=O)[nH]1. The molecule has 0 aliphatic carbocycles. The summed E-state index contributed by atoms with van der Waals surface area (Å²) in [7, 11) is 0. The summed E-state index contributed by atoms with van der Waals surface area (Å²) < 4.78 is 0. The quantitative estimate of drug-likeness (QED) is 0.668. The third-order valence-electron chi connectivity index (χ3n) is 2.71. The lowest BCUT2D eigenvalue weighted by Gasteiger charge is -2.01. The third-order valence-corrected chi connectivity index (χ3v) is 3.88. The molecular weight excluding hydrogens is 226 g/mol. The van der Waals surface area contributed by atoms with E-state index in [0.717, 1.165) is 23.8 Å². The fraction of sp³-hybridized carbons (Fsp3) is 0.444. The molecule has 4 N–H and O–H groups in total. The van der Waals surface area contributed by atoms with Crippen molar-refractivity contribution in [2.24, 2.45) is 0 Å². The molecule has 0 spiro atoms. The molecule has 1 aliphatic rings. The van der Waals surface area contributed by atoms with Crippen LogP contribution in [-0.4, -0.2) is 31.4 Å². The summed E-state index contributed by atoms with van der Waals surface area (Å²) in [6.45, 7) is 0.